The maximum absolute atomic E-state index is 12.1. The average Bonchev–Trinajstić information content (AvgIpc) is 2.71. The summed E-state index contributed by atoms with van der Waals surface area (Å²) in [5.41, 5.74) is 0.760. The van der Waals surface area contributed by atoms with Crippen LogP contribution in [-0.2, 0) is 14.3 Å². The minimum absolute atomic E-state index is 0.0796. The van der Waals surface area contributed by atoms with Gasteiger partial charge in [0.25, 0.3) is 5.91 Å². The van der Waals surface area contributed by atoms with Crippen LogP contribution in [-0.4, -0.2) is 44.0 Å². The lowest BCUT2D eigenvalue weighted by atomic mass is 10.1. The Labute approximate surface area is 164 Å². The molecule has 0 N–H and O–H groups in total. The second-order valence-electron chi connectivity index (χ2n) is 6.04. The van der Waals surface area contributed by atoms with Crippen LogP contribution in [0.2, 0.25) is 0 Å². The molecule has 29 heavy (non-hydrogen) atoms. The molecule has 9 heteroatoms. The SMILES string of the molecule is O=C(CCN1C(=O)COc2ccccc21)OCC(=O)c1ccc(OC(F)F)cc1. The highest BCUT2D eigenvalue weighted by atomic mass is 19.3. The molecule has 0 aromatic heterocycles. The predicted octanol–water partition coefficient (Wildman–Crippen LogP) is 2.83. The van der Waals surface area contributed by atoms with Crippen LogP contribution in [0.5, 0.6) is 11.5 Å². The van der Waals surface area contributed by atoms with Gasteiger partial charge in [-0.15, -0.1) is 0 Å². The number of hydrogen-bond acceptors (Lipinski definition) is 6. The Morgan fingerprint density at radius 1 is 1.10 bits per heavy atom. The van der Waals surface area contributed by atoms with E-state index >= 15 is 0 Å². The molecule has 1 amide bonds. The monoisotopic (exact) mass is 405 g/mol. The van der Waals surface area contributed by atoms with E-state index < -0.39 is 25.0 Å². The molecule has 0 fully saturated rings. The number of esters is 1. The fourth-order valence-electron chi connectivity index (χ4n) is 2.73. The fraction of sp³-hybridized carbons (Fsp3) is 0.250. The number of para-hydroxylation sites is 2. The van der Waals surface area contributed by atoms with E-state index in [-0.39, 0.29) is 36.8 Å². The van der Waals surface area contributed by atoms with Crippen molar-refractivity contribution in [3.8, 4) is 11.5 Å². The van der Waals surface area contributed by atoms with Crippen LogP contribution >= 0.6 is 0 Å². The number of alkyl halides is 2. The zero-order chi connectivity index (χ0) is 20.8. The number of hydrogen-bond donors (Lipinski definition) is 0. The van der Waals surface area contributed by atoms with Gasteiger partial charge in [0.05, 0.1) is 12.1 Å². The molecule has 0 saturated carbocycles. The van der Waals surface area contributed by atoms with Gasteiger partial charge in [-0.3, -0.25) is 14.4 Å². The Balaban J connectivity index is 1.49. The van der Waals surface area contributed by atoms with Crippen LogP contribution in [0.4, 0.5) is 14.5 Å². The topological polar surface area (TPSA) is 82.1 Å². The summed E-state index contributed by atoms with van der Waals surface area (Å²) >= 11 is 0. The highest BCUT2D eigenvalue weighted by Crippen LogP contribution is 2.31. The van der Waals surface area contributed by atoms with Crippen molar-refractivity contribution in [3.63, 3.8) is 0 Å². The molecule has 2 aromatic carbocycles. The normalized spacial score (nSPS) is 12.9. The number of carbonyl (C=O) groups is 3. The Bertz CT molecular complexity index is 900. The Kier molecular flexibility index (Phi) is 6.38. The van der Waals surface area contributed by atoms with Gasteiger partial charge in [-0.2, -0.15) is 8.78 Å². The summed E-state index contributed by atoms with van der Waals surface area (Å²) in [7, 11) is 0. The summed E-state index contributed by atoms with van der Waals surface area (Å²) in [6, 6.07) is 12.0. The van der Waals surface area contributed by atoms with Crippen molar-refractivity contribution >= 4 is 23.3 Å². The molecule has 0 radical (unpaired) electrons. The van der Waals surface area contributed by atoms with Crippen LogP contribution in [0.1, 0.15) is 16.8 Å². The molecular formula is C20H17F2NO6. The van der Waals surface area contributed by atoms with E-state index in [4.69, 9.17) is 9.47 Å². The molecule has 1 heterocycles. The van der Waals surface area contributed by atoms with Gasteiger partial charge in [0.1, 0.15) is 11.5 Å². The molecule has 1 aliphatic heterocycles. The van der Waals surface area contributed by atoms with Crippen LogP contribution in [0.15, 0.2) is 48.5 Å². The number of nitrogens with zero attached hydrogens (tertiary/aromatic N) is 1. The highest BCUT2D eigenvalue weighted by molar-refractivity contribution is 5.99. The zero-order valence-electron chi connectivity index (χ0n) is 15.2. The summed E-state index contributed by atoms with van der Waals surface area (Å²) in [5.74, 6) is -0.944. The van der Waals surface area contributed by atoms with Crippen molar-refractivity contribution < 1.29 is 37.4 Å². The molecule has 7 nitrogen and oxygen atoms in total. The van der Waals surface area contributed by atoms with Crippen molar-refractivity contribution in [1.29, 1.82) is 0 Å². The molecular weight excluding hydrogens is 388 g/mol. The van der Waals surface area contributed by atoms with E-state index in [2.05, 4.69) is 4.74 Å². The number of rotatable bonds is 8. The van der Waals surface area contributed by atoms with Crippen molar-refractivity contribution in [2.75, 3.05) is 24.7 Å². The summed E-state index contributed by atoms with van der Waals surface area (Å²) < 4.78 is 38.7. The number of halogens is 2. The number of ether oxygens (including phenoxy) is 3. The number of ketones is 1. The van der Waals surface area contributed by atoms with Crippen LogP contribution in [0, 0.1) is 0 Å². The first-order chi connectivity index (χ1) is 13.9. The average molecular weight is 405 g/mol. The molecule has 2 aromatic rings. The highest BCUT2D eigenvalue weighted by Gasteiger charge is 2.25. The van der Waals surface area contributed by atoms with Crippen LogP contribution in [0.25, 0.3) is 0 Å². The van der Waals surface area contributed by atoms with Gasteiger partial charge in [-0.1, -0.05) is 12.1 Å². The molecule has 0 spiro atoms. The summed E-state index contributed by atoms with van der Waals surface area (Å²) in [6.45, 7) is -3.48. The first-order valence-electron chi connectivity index (χ1n) is 8.70. The number of anilines is 1. The van der Waals surface area contributed by atoms with Crippen molar-refractivity contribution in [3.05, 3.63) is 54.1 Å². The van der Waals surface area contributed by atoms with E-state index in [1.165, 1.54) is 29.2 Å². The van der Waals surface area contributed by atoms with E-state index in [0.717, 1.165) is 0 Å². The standard InChI is InChI=1S/C20H17F2NO6/c21-20(22)29-14-7-5-13(6-8-14)16(24)11-28-19(26)9-10-23-15-3-1-2-4-17(15)27-12-18(23)25/h1-8,20H,9-12H2. The number of amides is 1. The van der Waals surface area contributed by atoms with E-state index in [1.54, 1.807) is 24.3 Å². The minimum atomic E-state index is -2.96. The molecule has 0 unspecified atom stereocenters. The quantitative estimate of drug-likeness (QED) is 0.496. The number of carbonyl (C=O) groups excluding carboxylic acids is 3. The third-order valence-corrected chi connectivity index (χ3v) is 4.11. The molecule has 152 valence electrons. The van der Waals surface area contributed by atoms with E-state index in [0.29, 0.717) is 11.4 Å². The lowest BCUT2D eigenvalue weighted by Crippen LogP contribution is -2.40. The lowest BCUT2D eigenvalue weighted by Gasteiger charge is -2.28. The second kappa shape index (κ2) is 9.13. The number of Topliss-reactive ketones (excluding diaryl/α,β-unsaturated/α-hetero) is 1. The van der Waals surface area contributed by atoms with Crippen LogP contribution in [0.3, 0.4) is 0 Å². The van der Waals surface area contributed by atoms with E-state index in [9.17, 15) is 23.2 Å². The van der Waals surface area contributed by atoms with Gasteiger partial charge < -0.3 is 19.1 Å². The van der Waals surface area contributed by atoms with E-state index in [1.807, 2.05) is 0 Å². The van der Waals surface area contributed by atoms with Gasteiger partial charge in [-0.25, -0.2) is 0 Å². The summed E-state index contributed by atoms with van der Waals surface area (Å²) in [5, 5.41) is 0. The maximum Gasteiger partial charge on any atom is 0.387 e. The third kappa shape index (κ3) is 5.28. The molecule has 3 rings (SSSR count). The first-order valence-corrected chi connectivity index (χ1v) is 8.70. The second-order valence-corrected chi connectivity index (χ2v) is 6.04. The number of benzene rings is 2. The maximum atomic E-state index is 12.1. The van der Waals surface area contributed by atoms with Gasteiger partial charge >= 0.3 is 12.6 Å². The van der Waals surface area contributed by atoms with Crippen molar-refractivity contribution in [1.82, 2.24) is 0 Å². The fourth-order valence-corrected chi connectivity index (χ4v) is 2.73. The summed E-state index contributed by atoms with van der Waals surface area (Å²) in [6.07, 6.45) is -0.103. The van der Waals surface area contributed by atoms with Crippen LogP contribution < -0.4 is 14.4 Å². The molecule has 1 aliphatic rings. The minimum Gasteiger partial charge on any atom is -0.482 e. The Hall–Kier alpha value is -3.49. The summed E-state index contributed by atoms with van der Waals surface area (Å²) in [4.78, 5) is 37.5. The van der Waals surface area contributed by atoms with Gasteiger partial charge in [0, 0.05) is 12.1 Å². The molecule has 0 aliphatic carbocycles. The Morgan fingerprint density at radius 2 is 1.83 bits per heavy atom. The smallest absolute Gasteiger partial charge is 0.387 e. The Morgan fingerprint density at radius 3 is 2.55 bits per heavy atom. The predicted molar refractivity (Wildman–Crippen MR) is 97.3 cm³/mol. The van der Waals surface area contributed by atoms with Gasteiger partial charge in [-0.05, 0) is 36.4 Å². The zero-order valence-corrected chi connectivity index (χ0v) is 15.2. The largest absolute Gasteiger partial charge is 0.482 e. The van der Waals surface area contributed by atoms with Gasteiger partial charge in [0.15, 0.2) is 19.0 Å². The number of fused-ring (bicyclic) bond motifs is 1. The molecule has 0 atom stereocenters. The molecule has 0 saturated heterocycles. The van der Waals surface area contributed by atoms with Crippen molar-refractivity contribution in [2.45, 2.75) is 13.0 Å². The van der Waals surface area contributed by atoms with Gasteiger partial charge in [0.2, 0.25) is 0 Å². The third-order valence-electron chi connectivity index (χ3n) is 4.11. The lowest BCUT2D eigenvalue weighted by molar-refractivity contribution is -0.142. The first kappa shape index (κ1) is 20.2. The van der Waals surface area contributed by atoms with Crippen molar-refractivity contribution in [2.24, 2.45) is 0 Å². The molecule has 0 bridgehead atoms.